The van der Waals surface area contributed by atoms with Crippen LogP contribution in [0.15, 0.2) is 48.5 Å². The zero-order valence-electron chi connectivity index (χ0n) is 15.8. The van der Waals surface area contributed by atoms with E-state index in [1.807, 2.05) is 0 Å². The van der Waals surface area contributed by atoms with Crippen LogP contribution in [0, 0.1) is 20.2 Å². The number of hydrogen-bond donors (Lipinski definition) is 1. The van der Waals surface area contributed by atoms with Gasteiger partial charge in [0.2, 0.25) is 5.91 Å². The van der Waals surface area contributed by atoms with Crippen LogP contribution < -0.4 is 5.32 Å². The monoisotopic (exact) mass is 441 g/mol. The van der Waals surface area contributed by atoms with Gasteiger partial charge in [-0.05, 0) is 22.9 Å². The van der Waals surface area contributed by atoms with Gasteiger partial charge in [-0.1, -0.05) is 24.3 Å². The summed E-state index contributed by atoms with van der Waals surface area (Å²) in [6.07, 6.45) is -0.00994. The number of non-ortho nitro benzene ring substituents is 2. The van der Waals surface area contributed by atoms with E-state index in [0.717, 1.165) is 11.8 Å². The van der Waals surface area contributed by atoms with Gasteiger partial charge < -0.3 is 0 Å². The lowest BCUT2D eigenvalue weighted by atomic mass is 9.65. The van der Waals surface area contributed by atoms with Gasteiger partial charge >= 0.3 is 0 Å². The predicted octanol–water partition coefficient (Wildman–Crippen LogP) is 3.46. The van der Waals surface area contributed by atoms with Crippen LogP contribution in [0.2, 0.25) is 0 Å². The normalized spacial score (nSPS) is 25.5. The van der Waals surface area contributed by atoms with E-state index in [1.165, 1.54) is 48.5 Å². The van der Waals surface area contributed by atoms with Crippen molar-refractivity contribution in [1.82, 2.24) is 5.32 Å². The maximum atomic E-state index is 13.1. The predicted molar refractivity (Wildman–Crippen MR) is 110 cm³/mol. The minimum absolute atomic E-state index is 0.00497. The van der Waals surface area contributed by atoms with Crippen molar-refractivity contribution in [3.8, 4) is 0 Å². The summed E-state index contributed by atoms with van der Waals surface area (Å²) in [5.41, 5.74) is 0.795. The number of benzene rings is 2. The van der Waals surface area contributed by atoms with E-state index in [9.17, 15) is 34.6 Å². The number of nitro benzene ring substituents is 2. The molecular weight excluding hydrogens is 426 g/mol. The maximum Gasteiger partial charge on any atom is 0.286 e. The lowest BCUT2D eigenvalue weighted by molar-refractivity contribution is -0.385. The molecule has 1 aliphatic heterocycles. The number of nitrogens with zero attached hydrogens (tertiary/aromatic N) is 2. The SMILES string of the molecule is O=C1CC(c2ccc([N+](=O)[O-])cc2)C2(SC(=O)NC2=O)C(c2ccc([N+](=O)[O-])cc2)C1. The minimum atomic E-state index is -1.35. The highest BCUT2D eigenvalue weighted by atomic mass is 32.2. The molecule has 31 heavy (non-hydrogen) atoms. The lowest BCUT2D eigenvalue weighted by Gasteiger charge is -2.43. The summed E-state index contributed by atoms with van der Waals surface area (Å²) in [7, 11) is 0. The Morgan fingerprint density at radius 3 is 1.55 bits per heavy atom. The Hall–Kier alpha value is -3.60. The molecule has 2 fully saturated rings. The zero-order chi connectivity index (χ0) is 22.3. The number of hydrogen-bond acceptors (Lipinski definition) is 8. The second kappa shape index (κ2) is 7.58. The maximum absolute atomic E-state index is 13.1. The average molecular weight is 441 g/mol. The van der Waals surface area contributed by atoms with Crippen molar-refractivity contribution in [3.63, 3.8) is 0 Å². The summed E-state index contributed by atoms with van der Waals surface area (Å²) in [5.74, 6) is -2.08. The molecule has 4 rings (SSSR count). The van der Waals surface area contributed by atoms with Crippen LogP contribution in [0.25, 0.3) is 0 Å². The van der Waals surface area contributed by atoms with Crippen molar-refractivity contribution in [2.45, 2.75) is 29.4 Å². The van der Waals surface area contributed by atoms with Crippen LogP contribution in [-0.4, -0.2) is 31.5 Å². The molecule has 2 atom stereocenters. The van der Waals surface area contributed by atoms with Crippen molar-refractivity contribution in [1.29, 1.82) is 0 Å². The van der Waals surface area contributed by atoms with E-state index in [4.69, 9.17) is 0 Å². The molecule has 0 radical (unpaired) electrons. The Morgan fingerprint density at radius 1 is 0.806 bits per heavy atom. The number of thioether (sulfide) groups is 1. The molecule has 2 aromatic carbocycles. The second-order valence-electron chi connectivity index (χ2n) is 7.39. The van der Waals surface area contributed by atoms with Crippen molar-refractivity contribution >= 4 is 40.1 Å². The zero-order valence-corrected chi connectivity index (χ0v) is 16.7. The first-order valence-corrected chi connectivity index (χ1v) is 10.1. The molecule has 10 nitrogen and oxygen atoms in total. The first-order chi connectivity index (χ1) is 14.7. The van der Waals surface area contributed by atoms with Crippen LogP contribution in [-0.2, 0) is 9.59 Å². The van der Waals surface area contributed by atoms with Crippen LogP contribution >= 0.6 is 11.8 Å². The quantitative estimate of drug-likeness (QED) is 0.560. The van der Waals surface area contributed by atoms with Gasteiger partial charge in [0.1, 0.15) is 10.5 Å². The molecule has 0 aromatic heterocycles. The summed E-state index contributed by atoms with van der Waals surface area (Å²) >= 11 is 0.806. The first kappa shape index (κ1) is 20.7. The molecule has 1 aliphatic carbocycles. The number of nitrogens with one attached hydrogen (secondary N) is 1. The standard InChI is InChI=1S/C20H15N3O7S/c24-15-9-16(11-1-5-13(6-2-11)22(27)28)20(18(25)21-19(26)31-20)17(10-15)12-3-7-14(8-4-12)23(29)30/h1-8,16-17H,9-10H2,(H,21,25,26). The Labute approximate surface area is 179 Å². The number of rotatable bonds is 4. The highest BCUT2D eigenvalue weighted by molar-refractivity contribution is 8.16. The van der Waals surface area contributed by atoms with Crippen LogP contribution in [0.1, 0.15) is 35.8 Å². The van der Waals surface area contributed by atoms with E-state index >= 15 is 0 Å². The molecule has 1 saturated heterocycles. The number of carbonyl (C=O) groups excluding carboxylic acids is 3. The summed E-state index contributed by atoms with van der Waals surface area (Å²) in [5, 5.41) is 23.7. The number of imide groups is 1. The molecule has 1 saturated carbocycles. The summed E-state index contributed by atoms with van der Waals surface area (Å²) < 4.78 is -1.35. The van der Waals surface area contributed by atoms with E-state index in [0.29, 0.717) is 11.1 Å². The molecule has 158 valence electrons. The summed E-state index contributed by atoms with van der Waals surface area (Å²) in [6.45, 7) is 0. The van der Waals surface area contributed by atoms with Gasteiger partial charge in [-0.15, -0.1) is 0 Å². The molecule has 11 heteroatoms. The molecule has 1 N–H and O–H groups in total. The van der Waals surface area contributed by atoms with Gasteiger partial charge in [-0.2, -0.15) is 0 Å². The minimum Gasteiger partial charge on any atom is -0.300 e. The lowest BCUT2D eigenvalue weighted by Crippen LogP contribution is -2.51. The van der Waals surface area contributed by atoms with E-state index in [2.05, 4.69) is 5.32 Å². The summed E-state index contributed by atoms with van der Waals surface area (Å²) in [6, 6.07) is 11.1. The molecular formula is C20H15N3O7S. The molecule has 2 aliphatic rings. The van der Waals surface area contributed by atoms with Crippen molar-refractivity contribution in [3.05, 3.63) is 79.9 Å². The first-order valence-electron chi connectivity index (χ1n) is 9.27. The van der Waals surface area contributed by atoms with Crippen LogP contribution in [0.3, 0.4) is 0 Å². The van der Waals surface area contributed by atoms with Crippen LogP contribution in [0.4, 0.5) is 16.2 Å². The van der Waals surface area contributed by atoms with Gasteiger partial charge in [0.25, 0.3) is 16.6 Å². The van der Waals surface area contributed by atoms with Gasteiger partial charge in [0, 0.05) is 48.9 Å². The largest absolute Gasteiger partial charge is 0.300 e. The number of carbonyl (C=O) groups is 3. The van der Waals surface area contributed by atoms with Gasteiger partial charge in [0.15, 0.2) is 0 Å². The highest BCUT2D eigenvalue weighted by Crippen LogP contribution is 2.57. The van der Waals surface area contributed by atoms with E-state index in [1.54, 1.807) is 0 Å². The van der Waals surface area contributed by atoms with Crippen molar-refractivity contribution in [2.75, 3.05) is 0 Å². The van der Waals surface area contributed by atoms with E-state index in [-0.39, 0.29) is 30.0 Å². The molecule has 2 aromatic rings. The third-order valence-corrected chi connectivity index (χ3v) is 7.12. The van der Waals surface area contributed by atoms with Gasteiger partial charge in [0.05, 0.1) is 9.85 Å². The van der Waals surface area contributed by atoms with Crippen molar-refractivity contribution in [2.24, 2.45) is 0 Å². The van der Waals surface area contributed by atoms with Crippen molar-refractivity contribution < 1.29 is 24.2 Å². The van der Waals surface area contributed by atoms with Gasteiger partial charge in [-0.25, -0.2) is 0 Å². The fraction of sp³-hybridized carbons (Fsp3) is 0.250. The molecule has 1 heterocycles. The molecule has 1 spiro atoms. The smallest absolute Gasteiger partial charge is 0.286 e. The Bertz CT molecular complexity index is 1050. The number of ketones is 1. The number of Topliss-reactive ketones (excluding diaryl/α,β-unsaturated/α-hetero) is 1. The Balaban J connectivity index is 1.83. The highest BCUT2D eigenvalue weighted by Gasteiger charge is 2.61. The topological polar surface area (TPSA) is 150 Å². The Morgan fingerprint density at radius 2 is 1.23 bits per heavy atom. The number of amides is 2. The third kappa shape index (κ3) is 3.46. The Kier molecular flexibility index (Phi) is 5.05. The summed E-state index contributed by atoms with van der Waals surface area (Å²) in [4.78, 5) is 58.9. The fourth-order valence-corrected chi connectivity index (χ4v) is 5.66. The fourth-order valence-electron chi connectivity index (χ4n) is 4.35. The van der Waals surface area contributed by atoms with Crippen LogP contribution in [0.5, 0.6) is 0 Å². The van der Waals surface area contributed by atoms with Gasteiger partial charge in [-0.3, -0.25) is 39.9 Å². The molecule has 0 bridgehead atoms. The molecule has 2 unspecified atom stereocenters. The van der Waals surface area contributed by atoms with E-state index < -0.39 is 37.6 Å². The second-order valence-corrected chi connectivity index (χ2v) is 8.64. The average Bonchev–Trinajstić information content (AvgIpc) is 3.03. The number of nitro groups is 2. The molecule has 2 amide bonds. The third-order valence-electron chi connectivity index (χ3n) is 5.74.